The van der Waals surface area contributed by atoms with E-state index in [0.29, 0.717) is 0 Å². The first-order valence-electron chi connectivity index (χ1n) is 9.77. The minimum Gasteiger partial charge on any atom is -0.377 e. The van der Waals surface area contributed by atoms with Gasteiger partial charge >= 0.3 is 7.60 Å². The van der Waals surface area contributed by atoms with Crippen molar-refractivity contribution >= 4 is 7.60 Å². The Hall–Kier alpha value is -0.930. The van der Waals surface area contributed by atoms with Crippen LogP contribution in [0.4, 0.5) is 0 Å². The van der Waals surface area contributed by atoms with Crippen LogP contribution >= 0.6 is 7.60 Å². The maximum absolute atomic E-state index is 13.6. The molecule has 1 N–H and O–H groups in total. The molecule has 4 nitrogen and oxygen atoms in total. The Morgan fingerprint density at radius 3 is 2.31 bits per heavy atom. The van der Waals surface area contributed by atoms with Crippen LogP contribution in [0.1, 0.15) is 56.4 Å². The van der Waals surface area contributed by atoms with E-state index in [2.05, 4.69) is 24.3 Å². The van der Waals surface area contributed by atoms with Crippen LogP contribution in [0.5, 0.6) is 0 Å². The molecule has 1 fully saturated rings. The third-order valence-electron chi connectivity index (χ3n) is 6.90. The van der Waals surface area contributed by atoms with Crippen LogP contribution in [0.3, 0.4) is 0 Å². The normalized spacial score (nSPS) is 34.5. The molecule has 0 aromatic heterocycles. The molecule has 4 atom stereocenters. The first kappa shape index (κ1) is 18.4. The summed E-state index contributed by atoms with van der Waals surface area (Å²) in [6.07, 6.45) is 7.18. The van der Waals surface area contributed by atoms with Gasteiger partial charge in [0.05, 0.1) is 0 Å². The molecule has 0 heterocycles. The lowest BCUT2D eigenvalue weighted by atomic mass is 9.57. The Morgan fingerprint density at radius 1 is 1.00 bits per heavy atom. The standard InChI is InChI=1S/C21H29O4P/c1-24-26(23,25-2)21(22)18-13-8-14-19(21)20(15-9-4-3-5-10-15)17-12-7-6-11-16(17)18/h3-5,9-10,18-20,22H,6-8,11-14H2,1-2H3/t18-,19-,20-,21-/m1/s1. The Labute approximate surface area is 156 Å². The first-order chi connectivity index (χ1) is 12.6. The van der Waals surface area contributed by atoms with Crippen LogP contribution in [0.2, 0.25) is 0 Å². The summed E-state index contributed by atoms with van der Waals surface area (Å²) in [7, 11) is -0.840. The first-order valence-corrected chi connectivity index (χ1v) is 11.3. The summed E-state index contributed by atoms with van der Waals surface area (Å²) < 4.78 is 24.4. The molecule has 3 aliphatic rings. The van der Waals surface area contributed by atoms with Gasteiger partial charge in [-0.3, -0.25) is 4.57 Å². The van der Waals surface area contributed by atoms with Gasteiger partial charge in [0, 0.05) is 32.0 Å². The van der Waals surface area contributed by atoms with Crippen molar-refractivity contribution in [2.45, 2.75) is 56.2 Å². The molecule has 1 saturated carbocycles. The average Bonchev–Trinajstić information content (AvgIpc) is 2.68. The number of aliphatic hydroxyl groups is 1. The molecular formula is C21H29O4P. The second kappa shape index (κ2) is 6.91. The topological polar surface area (TPSA) is 55.8 Å². The highest BCUT2D eigenvalue weighted by atomic mass is 31.2. The van der Waals surface area contributed by atoms with Gasteiger partial charge in [-0.25, -0.2) is 0 Å². The second-order valence-corrected chi connectivity index (χ2v) is 10.3. The van der Waals surface area contributed by atoms with Gasteiger partial charge in [-0.05, 0) is 44.1 Å². The third-order valence-corrected chi connectivity index (χ3v) is 9.38. The number of fused-ring (bicyclic) bond motifs is 3. The predicted molar refractivity (Wildman–Crippen MR) is 102 cm³/mol. The average molecular weight is 376 g/mol. The maximum Gasteiger partial charge on any atom is 0.362 e. The van der Waals surface area contributed by atoms with Gasteiger partial charge in [-0.15, -0.1) is 0 Å². The molecular weight excluding hydrogens is 347 g/mol. The van der Waals surface area contributed by atoms with Gasteiger partial charge in [-0.2, -0.15) is 0 Å². The molecule has 0 spiro atoms. The summed E-state index contributed by atoms with van der Waals surface area (Å²) in [5.41, 5.74) is 4.03. The summed E-state index contributed by atoms with van der Waals surface area (Å²) in [6.45, 7) is 0. The Morgan fingerprint density at radius 2 is 1.65 bits per heavy atom. The molecule has 0 radical (unpaired) electrons. The fourth-order valence-corrected chi connectivity index (χ4v) is 7.96. The van der Waals surface area contributed by atoms with Crippen molar-refractivity contribution < 1.29 is 18.7 Å². The molecule has 26 heavy (non-hydrogen) atoms. The van der Waals surface area contributed by atoms with E-state index in [0.717, 1.165) is 38.5 Å². The highest BCUT2D eigenvalue weighted by molar-refractivity contribution is 7.55. The number of rotatable bonds is 4. The van der Waals surface area contributed by atoms with E-state index in [9.17, 15) is 9.67 Å². The highest BCUT2D eigenvalue weighted by Gasteiger charge is 2.65. The van der Waals surface area contributed by atoms with E-state index >= 15 is 0 Å². The van der Waals surface area contributed by atoms with Crippen molar-refractivity contribution in [3.63, 3.8) is 0 Å². The minimum absolute atomic E-state index is 0.103. The molecule has 142 valence electrons. The Kier molecular flexibility index (Phi) is 4.90. The van der Waals surface area contributed by atoms with Crippen LogP contribution in [0.25, 0.3) is 0 Å². The van der Waals surface area contributed by atoms with Crippen LogP contribution in [0, 0.1) is 11.8 Å². The van der Waals surface area contributed by atoms with E-state index in [1.807, 2.05) is 6.07 Å². The van der Waals surface area contributed by atoms with Gasteiger partial charge < -0.3 is 14.2 Å². The molecule has 3 aliphatic carbocycles. The monoisotopic (exact) mass is 376 g/mol. The number of hydrogen-bond acceptors (Lipinski definition) is 4. The van der Waals surface area contributed by atoms with Gasteiger partial charge in [0.15, 0.2) is 5.34 Å². The lowest BCUT2D eigenvalue weighted by molar-refractivity contribution is -0.0529. The summed E-state index contributed by atoms with van der Waals surface area (Å²) in [5.74, 6) is -0.139. The largest absolute Gasteiger partial charge is 0.377 e. The van der Waals surface area contributed by atoms with Crippen LogP contribution in [0.15, 0.2) is 41.5 Å². The van der Waals surface area contributed by atoms with Gasteiger partial charge in [0.2, 0.25) is 0 Å². The fourth-order valence-electron chi connectivity index (χ4n) is 5.87. The minimum atomic E-state index is -3.65. The lowest BCUT2D eigenvalue weighted by Crippen LogP contribution is -2.54. The Balaban J connectivity index is 1.94. The molecule has 0 saturated heterocycles. The molecule has 0 amide bonds. The van der Waals surface area contributed by atoms with Crippen molar-refractivity contribution in [3.8, 4) is 0 Å². The summed E-state index contributed by atoms with van der Waals surface area (Å²) in [6, 6.07) is 10.4. The number of benzene rings is 1. The zero-order valence-electron chi connectivity index (χ0n) is 15.7. The van der Waals surface area contributed by atoms with Crippen molar-refractivity contribution in [1.82, 2.24) is 0 Å². The molecule has 4 rings (SSSR count). The van der Waals surface area contributed by atoms with E-state index in [1.165, 1.54) is 37.4 Å². The smallest absolute Gasteiger partial charge is 0.362 e. The molecule has 1 aromatic carbocycles. The molecule has 5 heteroatoms. The Bertz CT molecular complexity index is 736. The SMILES string of the molecule is COP(=O)(OC)[C@]1(O)[C@@H]2CCC[C@@H]1[C@H](c1ccccc1)C1=C2CCCC1. The van der Waals surface area contributed by atoms with E-state index in [4.69, 9.17) is 9.05 Å². The number of hydrogen-bond donors (Lipinski definition) is 1. The van der Waals surface area contributed by atoms with Crippen LogP contribution in [-0.4, -0.2) is 24.7 Å². The summed E-state index contributed by atoms with van der Waals surface area (Å²) >= 11 is 0. The molecule has 0 unspecified atom stereocenters. The zero-order valence-corrected chi connectivity index (χ0v) is 16.6. The molecule has 1 aromatic rings. The number of allylic oxidation sites excluding steroid dienone is 1. The van der Waals surface area contributed by atoms with E-state index in [1.54, 1.807) is 0 Å². The predicted octanol–water partition coefficient (Wildman–Crippen LogP) is 5.25. The highest BCUT2D eigenvalue weighted by Crippen LogP contribution is 2.73. The van der Waals surface area contributed by atoms with E-state index < -0.39 is 12.9 Å². The van der Waals surface area contributed by atoms with E-state index in [-0.39, 0.29) is 17.8 Å². The third kappa shape index (κ3) is 2.50. The van der Waals surface area contributed by atoms with Gasteiger partial charge in [0.25, 0.3) is 0 Å². The van der Waals surface area contributed by atoms with Gasteiger partial charge in [0.1, 0.15) is 0 Å². The quantitative estimate of drug-likeness (QED) is 0.576. The fraction of sp³-hybridized carbons (Fsp3) is 0.619. The van der Waals surface area contributed by atoms with Crippen molar-refractivity contribution in [2.24, 2.45) is 11.8 Å². The van der Waals surface area contributed by atoms with Gasteiger partial charge in [-0.1, -0.05) is 47.9 Å². The summed E-state index contributed by atoms with van der Waals surface area (Å²) in [5, 5.41) is 10.6. The maximum atomic E-state index is 13.6. The van der Waals surface area contributed by atoms with Crippen molar-refractivity contribution in [1.29, 1.82) is 0 Å². The zero-order chi connectivity index (χ0) is 18.4. The van der Waals surface area contributed by atoms with Crippen LogP contribution in [-0.2, 0) is 13.6 Å². The summed E-state index contributed by atoms with van der Waals surface area (Å²) in [4.78, 5) is 0. The van der Waals surface area contributed by atoms with Crippen molar-refractivity contribution in [2.75, 3.05) is 14.2 Å². The second-order valence-electron chi connectivity index (χ2n) is 7.88. The molecule has 2 bridgehead atoms. The van der Waals surface area contributed by atoms with Crippen molar-refractivity contribution in [3.05, 3.63) is 47.0 Å². The lowest BCUT2D eigenvalue weighted by Gasteiger charge is -2.56. The van der Waals surface area contributed by atoms with Crippen LogP contribution < -0.4 is 0 Å². The molecule has 0 aliphatic heterocycles.